The minimum absolute atomic E-state index is 0.253. The Morgan fingerprint density at radius 3 is 2.55 bits per heavy atom. The molecule has 0 heterocycles. The number of aliphatic carboxylic acids is 1. The van der Waals surface area contributed by atoms with Crippen molar-refractivity contribution >= 4 is 12.0 Å². The summed E-state index contributed by atoms with van der Waals surface area (Å²) in [4.78, 5) is 22.2. The van der Waals surface area contributed by atoms with Gasteiger partial charge in [-0.1, -0.05) is 25.1 Å². The van der Waals surface area contributed by atoms with E-state index < -0.39 is 24.0 Å². The predicted molar refractivity (Wildman–Crippen MR) is 72.8 cm³/mol. The molecule has 5 nitrogen and oxygen atoms in total. The van der Waals surface area contributed by atoms with Crippen molar-refractivity contribution in [2.24, 2.45) is 5.92 Å². The van der Waals surface area contributed by atoms with Crippen molar-refractivity contribution in [3.05, 3.63) is 35.6 Å². The molecule has 0 aliphatic rings. The molecule has 0 aliphatic carbocycles. The summed E-state index contributed by atoms with van der Waals surface area (Å²) in [5.41, 5.74) is 0.404. The second-order valence-electron chi connectivity index (χ2n) is 4.67. The summed E-state index contributed by atoms with van der Waals surface area (Å²) in [7, 11) is 0. The Labute approximate surface area is 117 Å². The largest absolute Gasteiger partial charge is 0.481 e. The molecule has 0 bridgehead atoms. The smallest absolute Gasteiger partial charge is 0.315 e. The van der Waals surface area contributed by atoms with E-state index in [0.29, 0.717) is 12.0 Å². The topological polar surface area (TPSA) is 78.4 Å². The number of halogens is 1. The van der Waals surface area contributed by atoms with Crippen LogP contribution in [0.5, 0.6) is 0 Å². The van der Waals surface area contributed by atoms with Crippen LogP contribution in [0.3, 0.4) is 0 Å². The van der Waals surface area contributed by atoms with Crippen molar-refractivity contribution in [3.63, 3.8) is 0 Å². The number of nitrogens with one attached hydrogen (secondary N) is 2. The minimum Gasteiger partial charge on any atom is -0.481 e. The number of rotatable bonds is 6. The first-order chi connectivity index (χ1) is 9.41. The summed E-state index contributed by atoms with van der Waals surface area (Å²) in [5.74, 6) is -1.79. The minimum atomic E-state index is -0.896. The zero-order chi connectivity index (χ0) is 15.1. The molecule has 0 fully saturated rings. The maximum absolute atomic E-state index is 13.5. The molecular formula is C14H19FN2O3. The Bertz CT molecular complexity index is 479. The molecular weight excluding hydrogens is 263 g/mol. The van der Waals surface area contributed by atoms with Gasteiger partial charge < -0.3 is 15.7 Å². The fourth-order valence-electron chi connectivity index (χ4n) is 1.68. The monoisotopic (exact) mass is 282 g/mol. The average molecular weight is 282 g/mol. The first-order valence-electron chi connectivity index (χ1n) is 6.43. The Kier molecular flexibility index (Phi) is 5.96. The van der Waals surface area contributed by atoms with Gasteiger partial charge in [0.1, 0.15) is 5.82 Å². The van der Waals surface area contributed by atoms with E-state index >= 15 is 0 Å². The van der Waals surface area contributed by atoms with Gasteiger partial charge in [-0.15, -0.1) is 0 Å². The first-order valence-corrected chi connectivity index (χ1v) is 6.43. The van der Waals surface area contributed by atoms with Crippen molar-refractivity contribution in [1.29, 1.82) is 0 Å². The van der Waals surface area contributed by atoms with Crippen LogP contribution in [0, 0.1) is 11.7 Å². The molecule has 0 spiro atoms. The molecule has 20 heavy (non-hydrogen) atoms. The van der Waals surface area contributed by atoms with Crippen LogP contribution in [0.15, 0.2) is 24.3 Å². The average Bonchev–Trinajstić information content (AvgIpc) is 2.38. The Morgan fingerprint density at radius 1 is 1.30 bits per heavy atom. The molecule has 2 amide bonds. The molecule has 1 aromatic rings. The zero-order valence-corrected chi connectivity index (χ0v) is 11.5. The second kappa shape index (κ2) is 7.47. The second-order valence-corrected chi connectivity index (χ2v) is 4.67. The van der Waals surface area contributed by atoms with E-state index in [0.717, 1.165) is 0 Å². The van der Waals surface area contributed by atoms with Crippen molar-refractivity contribution in [1.82, 2.24) is 10.6 Å². The van der Waals surface area contributed by atoms with Crippen LogP contribution in [0.2, 0.25) is 0 Å². The molecule has 0 saturated heterocycles. The number of benzene rings is 1. The summed E-state index contributed by atoms with van der Waals surface area (Å²) in [5, 5.41) is 13.9. The first kappa shape index (κ1) is 15.9. The van der Waals surface area contributed by atoms with Gasteiger partial charge in [-0.05, 0) is 19.4 Å². The van der Waals surface area contributed by atoms with Crippen molar-refractivity contribution in [2.75, 3.05) is 6.54 Å². The predicted octanol–water partition coefficient (Wildman–Crippen LogP) is 2.30. The summed E-state index contributed by atoms with van der Waals surface area (Å²) < 4.78 is 13.5. The molecule has 2 unspecified atom stereocenters. The molecule has 0 aromatic heterocycles. The number of hydrogen-bond donors (Lipinski definition) is 3. The Morgan fingerprint density at radius 2 is 1.95 bits per heavy atom. The van der Waals surface area contributed by atoms with Gasteiger partial charge in [0, 0.05) is 12.1 Å². The highest BCUT2D eigenvalue weighted by molar-refractivity contribution is 5.74. The van der Waals surface area contributed by atoms with Gasteiger partial charge in [-0.25, -0.2) is 9.18 Å². The molecule has 1 aromatic carbocycles. The molecule has 6 heteroatoms. The number of carboxylic acid groups (broad SMARTS) is 1. The summed E-state index contributed by atoms with van der Waals surface area (Å²) in [6, 6.07) is 5.31. The third kappa shape index (κ3) is 4.87. The zero-order valence-electron chi connectivity index (χ0n) is 11.5. The van der Waals surface area contributed by atoms with Crippen molar-refractivity contribution < 1.29 is 19.1 Å². The lowest BCUT2D eigenvalue weighted by Gasteiger charge is -2.16. The quantitative estimate of drug-likeness (QED) is 0.749. The van der Waals surface area contributed by atoms with Crippen LogP contribution in [-0.2, 0) is 4.79 Å². The van der Waals surface area contributed by atoms with Gasteiger partial charge >= 0.3 is 12.0 Å². The van der Waals surface area contributed by atoms with Crippen LogP contribution in [-0.4, -0.2) is 23.7 Å². The van der Waals surface area contributed by atoms with E-state index in [1.165, 1.54) is 6.07 Å². The number of carbonyl (C=O) groups is 2. The Balaban J connectivity index is 2.39. The number of amides is 2. The van der Waals surface area contributed by atoms with Crippen molar-refractivity contribution in [2.45, 2.75) is 26.3 Å². The van der Waals surface area contributed by atoms with E-state index in [1.807, 2.05) is 0 Å². The molecule has 0 radical (unpaired) electrons. The van der Waals surface area contributed by atoms with Crippen LogP contribution in [0.25, 0.3) is 0 Å². The van der Waals surface area contributed by atoms with Gasteiger partial charge in [-0.3, -0.25) is 4.79 Å². The fourth-order valence-corrected chi connectivity index (χ4v) is 1.68. The maximum atomic E-state index is 13.5. The summed E-state index contributed by atoms with van der Waals surface area (Å²) in [6.07, 6.45) is 0.344. The van der Waals surface area contributed by atoms with Gasteiger partial charge in [0.2, 0.25) is 0 Å². The van der Waals surface area contributed by atoms with Gasteiger partial charge in [-0.2, -0.15) is 0 Å². The van der Waals surface area contributed by atoms with Crippen LogP contribution in [0.4, 0.5) is 9.18 Å². The van der Waals surface area contributed by atoms with Crippen molar-refractivity contribution in [3.8, 4) is 0 Å². The van der Waals surface area contributed by atoms with E-state index in [-0.39, 0.29) is 12.4 Å². The molecule has 0 aliphatic heterocycles. The highest BCUT2D eigenvalue weighted by atomic mass is 19.1. The number of hydrogen-bond acceptors (Lipinski definition) is 2. The molecule has 0 saturated carbocycles. The van der Waals surface area contributed by atoms with Crippen LogP contribution in [0.1, 0.15) is 31.9 Å². The lowest BCUT2D eigenvalue weighted by molar-refractivity contribution is -0.141. The molecule has 110 valence electrons. The standard InChI is InChI=1S/C14H19FN2O3/c1-9(13(18)19)7-8-16-14(20)17-10(2)11-5-3-4-6-12(11)15/h3-6,9-10H,7-8H2,1-2H3,(H,18,19)(H2,16,17,20). The molecule has 1 rings (SSSR count). The van der Waals surface area contributed by atoms with Gasteiger partial charge in [0.05, 0.1) is 12.0 Å². The normalized spacial score (nSPS) is 13.3. The number of carbonyl (C=O) groups excluding carboxylic acids is 1. The molecule has 2 atom stereocenters. The SMILES string of the molecule is CC(CCNC(=O)NC(C)c1ccccc1F)C(=O)O. The number of urea groups is 1. The number of carboxylic acids is 1. The van der Waals surface area contributed by atoms with Gasteiger partial charge in [0.25, 0.3) is 0 Å². The third-order valence-corrected chi connectivity index (χ3v) is 3.00. The summed E-state index contributed by atoms with van der Waals surface area (Å²) in [6.45, 7) is 3.51. The van der Waals surface area contributed by atoms with E-state index in [9.17, 15) is 14.0 Å². The van der Waals surface area contributed by atoms with Crippen LogP contribution >= 0.6 is 0 Å². The lowest BCUT2D eigenvalue weighted by atomic mass is 10.1. The van der Waals surface area contributed by atoms with Crippen LogP contribution < -0.4 is 10.6 Å². The fraction of sp³-hybridized carbons (Fsp3) is 0.429. The van der Waals surface area contributed by atoms with E-state index in [1.54, 1.807) is 32.0 Å². The van der Waals surface area contributed by atoms with E-state index in [4.69, 9.17) is 5.11 Å². The third-order valence-electron chi connectivity index (χ3n) is 3.00. The highest BCUT2D eigenvalue weighted by Gasteiger charge is 2.14. The lowest BCUT2D eigenvalue weighted by Crippen LogP contribution is -2.38. The highest BCUT2D eigenvalue weighted by Crippen LogP contribution is 2.15. The maximum Gasteiger partial charge on any atom is 0.315 e. The Hall–Kier alpha value is -2.11. The summed E-state index contributed by atoms with van der Waals surface area (Å²) >= 11 is 0. The molecule has 3 N–H and O–H groups in total. The van der Waals surface area contributed by atoms with Gasteiger partial charge in [0.15, 0.2) is 0 Å². The van der Waals surface area contributed by atoms with E-state index in [2.05, 4.69) is 10.6 Å².